The van der Waals surface area contributed by atoms with E-state index in [1.807, 2.05) is 65.4 Å². The zero-order valence-electron chi connectivity index (χ0n) is 17.7. The van der Waals surface area contributed by atoms with E-state index in [1.54, 1.807) is 0 Å². The van der Waals surface area contributed by atoms with Crippen molar-refractivity contribution in [2.75, 3.05) is 23.0 Å². The van der Waals surface area contributed by atoms with E-state index in [-0.39, 0.29) is 5.41 Å². The summed E-state index contributed by atoms with van der Waals surface area (Å²) in [5.74, 6) is 0. The molecule has 2 heterocycles. The van der Waals surface area contributed by atoms with Gasteiger partial charge >= 0.3 is 7.44 Å². The second kappa shape index (κ2) is 7.33. The largest absolute Gasteiger partial charge is 0.315 e. The molecule has 0 saturated carbocycles. The number of allylic oxidation sites excluding steroid dienone is 3. The summed E-state index contributed by atoms with van der Waals surface area (Å²) >= 11 is 0. The van der Waals surface area contributed by atoms with Crippen LogP contribution in [0.3, 0.4) is 0 Å². The van der Waals surface area contributed by atoms with Crippen LogP contribution in [0, 0.1) is 5.41 Å². The number of nitrogens with zero attached hydrogens (tertiary/aromatic N) is 1. The van der Waals surface area contributed by atoms with Crippen molar-refractivity contribution in [2.45, 2.75) is 33.1 Å². The first-order chi connectivity index (χ1) is 14.5. The van der Waals surface area contributed by atoms with E-state index in [1.165, 1.54) is 23.4 Å². The van der Waals surface area contributed by atoms with Gasteiger partial charge in [0.2, 0.25) is 0 Å². The molecule has 0 aromatic heterocycles. The van der Waals surface area contributed by atoms with Crippen LogP contribution in [0.1, 0.15) is 33.1 Å². The number of hydrazine groups is 1. The highest BCUT2D eigenvalue weighted by atomic mass is 31.2. The van der Waals surface area contributed by atoms with Crippen molar-refractivity contribution in [3.05, 3.63) is 83.4 Å². The monoisotopic (exact) mass is 421 g/mol. The van der Waals surface area contributed by atoms with Crippen LogP contribution in [0.15, 0.2) is 83.4 Å². The standard InChI is InChI=1S/C24H29N4OP/c1-24(2)17-21-23(22(18-24)27-15-9-10-16-27)30(29,26-19-11-5-3-6-12-19)28(25-21)20-13-7-4-8-14-20/h3-8,11-14,17,25H,9-10,15-16,18H2,1-2H3,(H,26,29)/p+1/t30-/m1/s1. The number of fused-ring (bicyclic) bond motifs is 1. The molecule has 5 rings (SSSR count). The van der Waals surface area contributed by atoms with Crippen LogP contribution in [0.4, 0.5) is 11.4 Å². The first-order valence-corrected chi connectivity index (χ1v) is 12.5. The lowest BCUT2D eigenvalue weighted by atomic mass is 9.83. The summed E-state index contributed by atoms with van der Waals surface area (Å²) in [5.41, 5.74) is 7.64. The second-order valence-corrected chi connectivity index (χ2v) is 11.4. The van der Waals surface area contributed by atoms with Crippen molar-refractivity contribution in [3.63, 3.8) is 0 Å². The lowest BCUT2D eigenvalue weighted by Crippen LogP contribution is -3.08. The van der Waals surface area contributed by atoms with Crippen LogP contribution >= 0.6 is 7.44 Å². The molecule has 2 aromatic rings. The van der Waals surface area contributed by atoms with Gasteiger partial charge in [0.05, 0.1) is 24.5 Å². The fourth-order valence-electron chi connectivity index (χ4n) is 4.91. The van der Waals surface area contributed by atoms with Crippen LogP contribution in [0.2, 0.25) is 0 Å². The fourth-order valence-corrected chi connectivity index (χ4v) is 7.58. The topological polar surface area (TPSA) is 48.8 Å². The maximum absolute atomic E-state index is 14.9. The van der Waals surface area contributed by atoms with E-state index in [0.717, 1.165) is 41.9 Å². The number of hydrogen-bond acceptors (Lipinski definition) is 2. The predicted molar refractivity (Wildman–Crippen MR) is 123 cm³/mol. The Kier molecular flexibility index (Phi) is 4.76. The van der Waals surface area contributed by atoms with Gasteiger partial charge in [-0.05, 0) is 29.7 Å². The van der Waals surface area contributed by atoms with E-state index in [2.05, 4.69) is 30.4 Å². The zero-order chi connectivity index (χ0) is 20.8. The molecule has 5 nitrogen and oxygen atoms in total. The summed E-state index contributed by atoms with van der Waals surface area (Å²) in [5, 5.41) is 4.43. The molecule has 3 N–H and O–H groups in total. The summed E-state index contributed by atoms with van der Waals surface area (Å²) in [6.07, 6.45) is 5.67. The van der Waals surface area contributed by atoms with Crippen molar-refractivity contribution < 1.29 is 9.46 Å². The van der Waals surface area contributed by atoms with Gasteiger partial charge in [0.15, 0.2) is 0 Å². The molecule has 1 aliphatic carbocycles. The highest BCUT2D eigenvalue weighted by molar-refractivity contribution is 7.71. The molecule has 0 spiro atoms. The van der Waals surface area contributed by atoms with Gasteiger partial charge < -0.3 is 9.99 Å². The van der Waals surface area contributed by atoms with Crippen LogP contribution < -0.4 is 20.2 Å². The molecule has 156 valence electrons. The van der Waals surface area contributed by atoms with E-state index in [9.17, 15) is 4.57 Å². The summed E-state index contributed by atoms with van der Waals surface area (Å²) in [4.78, 5) is 1.50. The fraction of sp³-hybridized carbons (Fsp3) is 0.333. The summed E-state index contributed by atoms with van der Waals surface area (Å²) < 4.78 is 16.8. The predicted octanol–water partition coefficient (Wildman–Crippen LogP) is 4.52. The number of rotatable bonds is 4. The number of hydrogen-bond donors (Lipinski definition) is 3. The summed E-state index contributed by atoms with van der Waals surface area (Å²) in [6.45, 7) is 6.79. The van der Waals surface area contributed by atoms with E-state index in [4.69, 9.17) is 0 Å². The Bertz CT molecular complexity index is 1040. The van der Waals surface area contributed by atoms with Crippen molar-refractivity contribution in [1.82, 2.24) is 5.43 Å². The van der Waals surface area contributed by atoms with Gasteiger partial charge in [0.1, 0.15) is 11.0 Å². The minimum absolute atomic E-state index is 0.0288. The van der Waals surface area contributed by atoms with Gasteiger partial charge in [0, 0.05) is 24.9 Å². The smallest absolute Gasteiger partial charge is 0.315 e. The number of quaternary nitrogens is 1. The van der Waals surface area contributed by atoms with Crippen molar-refractivity contribution in [3.8, 4) is 0 Å². The number of anilines is 2. The Morgan fingerprint density at radius 2 is 1.63 bits per heavy atom. The number of nitrogens with one attached hydrogen (secondary N) is 3. The average molecular weight is 422 g/mol. The molecular formula is C24H30N4OP+. The lowest BCUT2D eigenvalue weighted by molar-refractivity contribution is -0.849. The van der Waals surface area contributed by atoms with Crippen LogP contribution in [0.25, 0.3) is 0 Å². The molecule has 0 bridgehead atoms. The van der Waals surface area contributed by atoms with Crippen molar-refractivity contribution in [2.24, 2.45) is 5.41 Å². The molecule has 2 aliphatic heterocycles. The molecule has 2 fully saturated rings. The van der Waals surface area contributed by atoms with Crippen molar-refractivity contribution in [1.29, 1.82) is 0 Å². The highest BCUT2D eigenvalue weighted by Crippen LogP contribution is 2.65. The molecule has 0 amide bonds. The van der Waals surface area contributed by atoms with Crippen molar-refractivity contribution >= 4 is 18.8 Å². The molecule has 0 radical (unpaired) electrons. The lowest BCUT2D eigenvalue weighted by Gasteiger charge is -2.31. The first-order valence-electron chi connectivity index (χ1n) is 10.8. The average Bonchev–Trinajstić information content (AvgIpc) is 3.35. The minimum Gasteiger partial charge on any atom is -0.315 e. The van der Waals surface area contributed by atoms with E-state index < -0.39 is 7.44 Å². The summed E-state index contributed by atoms with van der Waals surface area (Å²) in [7, 11) is -3.16. The van der Waals surface area contributed by atoms with Crippen LogP contribution in [0.5, 0.6) is 0 Å². The molecule has 2 saturated heterocycles. The van der Waals surface area contributed by atoms with E-state index >= 15 is 0 Å². The van der Waals surface area contributed by atoms with Crippen LogP contribution in [-0.4, -0.2) is 13.1 Å². The Morgan fingerprint density at radius 1 is 1.00 bits per heavy atom. The quantitative estimate of drug-likeness (QED) is 0.636. The third-order valence-electron chi connectivity index (χ3n) is 6.21. The first kappa shape index (κ1) is 19.5. The summed E-state index contributed by atoms with van der Waals surface area (Å²) in [6, 6.07) is 19.9. The highest BCUT2D eigenvalue weighted by Gasteiger charge is 2.51. The second-order valence-electron chi connectivity index (χ2n) is 9.17. The van der Waals surface area contributed by atoms with Gasteiger partial charge in [-0.1, -0.05) is 56.3 Å². The maximum Gasteiger partial charge on any atom is 0.315 e. The number of likely N-dealkylation sites (tertiary alicyclic amines) is 1. The molecule has 3 aliphatic rings. The van der Waals surface area contributed by atoms with Gasteiger partial charge in [-0.3, -0.25) is 9.99 Å². The molecule has 6 heteroatoms. The van der Waals surface area contributed by atoms with Gasteiger partial charge in [-0.2, -0.15) is 0 Å². The molecular weight excluding hydrogens is 391 g/mol. The maximum atomic E-state index is 14.9. The Balaban J connectivity index is 1.69. The number of para-hydroxylation sites is 2. The molecule has 2 aromatic carbocycles. The molecule has 30 heavy (non-hydrogen) atoms. The Morgan fingerprint density at radius 3 is 2.30 bits per heavy atom. The zero-order valence-corrected chi connectivity index (χ0v) is 18.6. The Hall–Kier alpha value is -2.49. The number of benzene rings is 2. The third-order valence-corrected chi connectivity index (χ3v) is 8.78. The van der Waals surface area contributed by atoms with E-state index in [0.29, 0.717) is 0 Å². The third kappa shape index (κ3) is 3.36. The van der Waals surface area contributed by atoms with Crippen LogP contribution in [-0.2, 0) is 4.57 Å². The normalized spacial score (nSPS) is 25.7. The minimum atomic E-state index is -3.16. The SMILES string of the molecule is CC1(C)C=C2NN(c3ccccc3)[P@](=O)(Nc3ccccc3)C2=C([NH+]2CCCC2)C1. The molecule has 0 unspecified atom stereocenters. The van der Waals surface area contributed by atoms with Gasteiger partial charge in [-0.15, -0.1) is 0 Å². The molecule has 1 atom stereocenters. The van der Waals surface area contributed by atoms with Gasteiger partial charge in [0.25, 0.3) is 0 Å². The van der Waals surface area contributed by atoms with Gasteiger partial charge in [-0.25, -0.2) is 4.78 Å². The Labute approximate surface area is 178 Å².